The van der Waals surface area contributed by atoms with Gasteiger partial charge in [0.05, 0.1) is 24.4 Å². The number of nitrogens with one attached hydrogen (secondary N) is 2. The number of rotatable bonds is 3. The minimum absolute atomic E-state index is 0.114. The lowest BCUT2D eigenvalue weighted by atomic mass is 9.88. The summed E-state index contributed by atoms with van der Waals surface area (Å²) in [5.41, 5.74) is 1.44. The van der Waals surface area contributed by atoms with E-state index in [0.717, 1.165) is 30.3 Å². The van der Waals surface area contributed by atoms with E-state index in [1.807, 2.05) is 24.3 Å². The lowest BCUT2D eigenvalue weighted by Gasteiger charge is -2.24. The number of likely N-dealkylation sites (tertiary alicyclic amines) is 1. The van der Waals surface area contributed by atoms with Crippen molar-refractivity contribution in [2.24, 2.45) is 5.92 Å². The zero-order valence-electron chi connectivity index (χ0n) is 21.9. The molecule has 6 rings (SSSR count). The lowest BCUT2D eigenvalue weighted by molar-refractivity contribution is -0.125. The van der Waals surface area contributed by atoms with Crippen molar-refractivity contribution in [2.45, 2.75) is 31.1 Å². The molecule has 40 heavy (non-hydrogen) atoms. The molecule has 1 saturated heterocycles. The van der Waals surface area contributed by atoms with Gasteiger partial charge in [-0.2, -0.15) is 0 Å². The molecule has 2 bridgehead atoms. The molecule has 12 heteroatoms. The number of hydrogen-bond acceptors (Lipinski definition) is 8. The Labute approximate surface area is 229 Å². The van der Waals surface area contributed by atoms with E-state index in [1.54, 1.807) is 15.9 Å². The normalized spacial score (nSPS) is 21.6. The third-order valence-corrected chi connectivity index (χ3v) is 7.67. The van der Waals surface area contributed by atoms with Crippen molar-refractivity contribution in [1.29, 1.82) is 0 Å². The fourth-order valence-electron chi connectivity index (χ4n) is 5.35. The van der Waals surface area contributed by atoms with Crippen LogP contribution in [0.2, 0.25) is 0 Å². The number of H-pyrrole nitrogens is 1. The van der Waals surface area contributed by atoms with Crippen molar-refractivity contribution < 1.29 is 23.6 Å². The molecule has 3 aliphatic rings. The van der Waals surface area contributed by atoms with Crippen LogP contribution in [0.25, 0.3) is 0 Å². The maximum absolute atomic E-state index is 13.5. The van der Waals surface area contributed by atoms with Gasteiger partial charge < -0.3 is 29.4 Å². The number of ether oxygens (including phenoxy) is 1. The maximum Gasteiger partial charge on any atom is 0.292 e. The van der Waals surface area contributed by atoms with Crippen molar-refractivity contribution in [1.82, 2.24) is 30.2 Å². The Morgan fingerprint density at radius 1 is 1.00 bits per heavy atom. The number of aromatic nitrogens is 3. The Kier molecular flexibility index (Phi) is 7.06. The van der Waals surface area contributed by atoms with Gasteiger partial charge in [-0.15, -0.1) is 0 Å². The summed E-state index contributed by atoms with van der Waals surface area (Å²) in [5.74, 6) is -0.371. The number of fused-ring (bicyclic) bond motifs is 4. The number of benzene rings is 1. The average molecular weight is 547 g/mol. The first-order valence-corrected chi connectivity index (χ1v) is 13.6. The number of carbonyl (C=O) groups is 3. The summed E-state index contributed by atoms with van der Waals surface area (Å²) in [7, 11) is 0. The molecule has 2 N–H and O–H groups in total. The predicted octanol–water partition coefficient (Wildman–Crippen LogP) is 1.53. The molecule has 3 aromatic rings. The van der Waals surface area contributed by atoms with E-state index in [0.29, 0.717) is 37.8 Å². The minimum Gasteiger partial charge on any atom is -0.494 e. The van der Waals surface area contributed by atoms with Crippen LogP contribution in [-0.2, 0) is 4.79 Å². The third kappa shape index (κ3) is 5.47. The summed E-state index contributed by atoms with van der Waals surface area (Å²) in [6.45, 7) is 1.80. The van der Waals surface area contributed by atoms with Crippen molar-refractivity contribution >= 4 is 17.7 Å². The van der Waals surface area contributed by atoms with Gasteiger partial charge in [-0.1, -0.05) is 17.3 Å². The molecule has 2 atom stereocenters. The van der Waals surface area contributed by atoms with E-state index in [-0.39, 0.29) is 54.7 Å². The molecule has 208 valence electrons. The topological polar surface area (TPSA) is 151 Å². The Hall–Kier alpha value is -4.48. The monoisotopic (exact) mass is 546 g/mol. The van der Waals surface area contributed by atoms with Crippen LogP contribution in [0.3, 0.4) is 0 Å². The van der Waals surface area contributed by atoms with Crippen LogP contribution in [0.4, 0.5) is 0 Å². The Bertz CT molecular complexity index is 1460. The van der Waals surface area contributed by atoms with Crippen LogP contribution in [0.15, 0.2) is 52.0 Å². The second-order valence-corrected chi connectivity index (χ2v) is 10.5. The first-order chi connectivity index (χ1) is 19.5. The van der Waals surface area contributed by atoms with Crippen molar-refractivity contribution in [3.05, 3.63) is 75.8 Å². The van der Waals surface area contributed by atoms with Gasteiger partial charge in [0.15, 0.2) is 0 Å². The van der Waals surface area contributed by atoms with Crippen LogP contribution in [0.5, 0.6) is 5.75 Å². The summed E-state index contributed by atoms with van der Waals surface area (Å²) in [6.07, 6.45) is 5.01. The molecule has 0 radical (unpaired) electrons. The van der Waals surface area contributed by atoms with Gasteiger partial charge in [0.1, 0.15) is 11.4 Å². The van der Waals surface area contributed by atoms with Crippen molar-refractivity contribution in [3.63, 3.8) is 0 Å². The first kappa shape index (κ1) is 25.8. The second kappa shape index (κ2) is 10.9. The fourth-order valence-corrected chi connectivity index (χ4v) is 5.35. The highest BCUT2D eigenvalue weighted by atomic mass is 16.5. The number of aromatic amines is 1. The first-order valence-electron chi connectivity index (χ1n) is 13.6. The van der Waals surface area contributed by atoms with Gasteiger partial charge >= 0.3 is 0 Å². The van der Waals surface area contributed by atoms with Crippen LogP contribution in [0.1, 0.15) is 63.4 Å². The van der Waals surface area contributed by atoms with Crippen molar-refractivity contribution in [2.75, 3.05) is 39.3 Å². The van der Waals surface area contributed by atoms with E-state index in [4.69, 9.17) is 9.26 Å². The summed E-state index contributed by atoms with van der Waals surface area (Å²) in [4.78, 5) is 60.9. The molecule has 2 aliphatic heterocycles. The molecule has 12 nitrogen and oxygen atoms in total. The zero-order chi connectivity index (χ0) is 27.6. The molecule has 0 spiro atoms. The van der Waals surface area contributed by atoms with E-state index in [1.165, 1.54) is 6.20 Å². The summed E-state index contributed by atoms with van der Waals surface area (Å²) < 4.78 is 11.4. The fraction of sp³-hybridized carbons (Fsp3) is 0.429. The SMILES string of the molecule is O=C1NCCN(C(=O)c2c[nH]c(=O)cn2)CCCOc2cccc(c2)[C@H]2CN(C(=O)c3cc(C4CC4)no3)C[C@H]12. The van der Waals surface area contributed by atoms with Crippen LogP contribution in [0, 0.1) is 5.92 Å². The molecule has 2 fully saturated rings. The van der Waals surface area contributed by atoms with Gasteiger partial charge in [0.25, 0.3) is 17.4 Å². The predicted molar refractivity (Wildman–Crippen MR) is 141 cm³/mol. The third-order valence-electron chi connectivity index (χ3n) is 7.67. The van der Waals surface area contributed by atoms with Crippen LogP contribution < -0.4 is 15.6 Å². The molecule has 3 amide bonds. The standard InChI is InChI=1S/C28H30N6O6/c35-25-14-30-23(13-31-25)27(37)33-8-2-10-39-19-4-1-3-18(11-19)20-15-34(16-21(20)26(36)29-7-9-33)28(38)24-12-22(32-40-24)17-5-6-17/h1,3-4,11-14,17,20-21H,2,5-10,15-16H2,(H,29,36)(H,31,35)/t20-,21+/m1/s1. The van der Waals surface area contributed by atoms with E-state index >= 15 is 0 Å². The number of amides is 3. The largest absolute Gasteiger partial charge is 0.494 e. The molecule has 0 unspecified atom stereocenters. The molecule has 1 aromatic carbocycles. The van der Waals surface area contributed by atoms with E-state index in [9.17, 15) is 19.2 Å². The highest BCUT2D eigenvalue weighted by molar-refractivity contribution is 5.93. The maximum atomic E-state index is 13.5. The summed E-state index contributed by atoms with van der Waals surface area (Å²) in [6, 6.07) is 9.32. The van der Waals surface area contributed by atoms with Gasteiger partial charge in [-0.05, 0) is 37.0 Å². The molecule has 1 aliphatic carbocycles. The molecular weight excluding hydrogens is 516 g/mol. The highest BCUT2D eigenvalue weighted by Gasteiger charge is 2.42. The van der Waals surface area contributed by atoms with E-state index in [2.05, 4.69) is 20.4 Å². The Morgan fingerprint density at radius 2 is 1.85 bits per heavy atom. The molecule has 4 heterocycles. The lowest BCUT2D eigenvalue weighted by Crippen LogP contribution is -2.42. The average Bonchev–Trinajstić information content (AvgIpc) is 3.52. The zero-order valence-corrected chi connectivity index (χ0v) is 21.9. The summed E-state index contributed by atoms with van der Waals surface area (Å²) >= 11 is 0. The van der Waals surface area contributed by atoms with E-state index < -0.39 is 11.5 Å². The Balaban J connectivity index is 1.21. The minimum atomic E-state index is -0.502. The number of nitrogens with zero attached hydrogens (tertiary/aromatic N) is 4. The number of hydrogen-bond donors (Lipinski definition) is 2. The van der Waals surface area contributed by atoms with Crippen LogP contribution in [-0.4, -0.2) is 82.0 Å². The smallest absolute Gasteiger partial charge is 0.292 e. The van der Waals surface area contributed by atoms with Crippen LogP contribution >= 0.6 is 0 Å². The number of carbonyl (C=O) groups excluding carboxylic acids is 3. The second-order valence-electron chi connectivity index (χ2n) is 10.5. The van der Waals surface area contributed by atoms with Gasteiger partial charge in [0, 0.05) is 56.8 Å². The molecule has 2 aromatic heterocycles. The molecule has 1 saturated carbocycles. The van der Waals surface area contributed by atoms with Gasteiger partial charge in [0.2, 0.25) is 11.7 Å². The molecular formula is C28H30N6O6. The quantitative estimate of drug-likeness (QED) is 0.502. The van der Waals surface area contributed by atoms with Crippen molar-refractivity contribution in [3.8, 4) is 5.75 Å². The van der Waals surface area contributed by atoms with Gasteiger partial charge in [-0.3, -0.25) is 19.2 Å². The Morgan fingerprint density at radius 3 is 2.65 bits per heavy atom. The summed E-state index contributed by atoms with van der Waals surface area (Å²) in [5, 5.41) is 7.04. The van der Waals surface area contributed by atoms with Gasteiger partial charge in [-0.25, -0.2) is 4.98 Å². The highest BCUT2D eigenvalue weighted by Crippen LogP contribution is 2.40.